The minimum Gasteiger partial charge on any atom is -0.461 e. The Morgan fingerprint density at radius 1 is 1.12 bits per heavy atom. The highest BCUT2D eigenvalue weighted by molar-refractivity contribution is 7.93. The van der Waals surface area contributed by atoms with Gasteiger partial charge in [-0.1, -0.05) is 36.7 Å². The first-order valence-corrected chi connectivity index (χ1v) is 14.6. The summed E-state index contributed by atoms with van der Waals surface area (Å²) in [5, 5.41) is 0.562. The van der Waals surface area contributed by atoms with Crippen LogP contribution in [-0.2, 0) is 27.7 Å². The van der Waals surface area contributed by atoms with E-state index in [1.54, 1.807) is 35.9 Å². The van der Waals surface area contributed by atoms with E-state index in [0.717, 1.165) is 17.0 Å². The zero-order valence-electron chi connectivity index (χ0n) is 22.5. The number of halogens is 4. The van der Waals surface area contributed by atoms with Crippen molar-refractivity contribution in [2.45, 2.75) is 39.2 Å². The molecule has 0 spiro atoms. The number of aryl methyl sites for hydroxylation is 2. The van der Waals surface area contributed by atoms with Crippen molar-refractivity contribution < 1.29 is 35.5 Å². The first kappa shape index (κ1) is 29.4. The molecule has 5 rings (SSSR count). The number of furan rings is 1. The van der Waals surface area contributed by atoms with Crippen molar-refractivity contribution in [2.24, 2.45) is 0 Å². The number of anilines is 1. The number of ether oxygens (including phenoxy) is 1. The van der Waals surface area contributed by atoms with Gasteiger partial charge in [0.2, 0.25) is 0 Å². The van der Waals surface area contributed by atoms with Crippen molar-refractivity contribution in [1.82, 2.24) is 14.5 Å². The molecule has 2 aromatic carbocycles. The fourth-order valence-electron chi connectivity index (χ4n) is 4.57. The fourth-order valence-corrected chi connectivity index (χ4v) is 5.45. The van der Waals surface area contributed by atoms with Gasteiger partial charge in [-0.2, -0.15) is 21.6 Å². The molecule has 0 saturated carbocycles. The van der Waals surface area contributed by atoms with Crippen LogP contribution in [0.15, 0.2) is 52.9 Å². The number of aromatic nitrogens is 3. The molecule has 0 fully saturated rings. The number of carbonyl (C=O) groups excluding carboxylic acids is 1. The molecule has 0 unspecified atom stereocenters. The number of imidazole rings is 1. The lowest BCUT2D eigenvalue weighted by atomic mass is 10.1. The number of carbonyl (C=O) groups is 1. The highest BCUT2D eigenvalue weighted by Crippen LogP contribution is 2.41. The van der Waals surface area contributed by atoms with E-state index in [0.29, 0.717) is 35.1 Å². The Kier molecular flexibility index (Phi) is 7.66. The minimum atomic E-state index is -5.68. The van der Waals surface area contributed by atoms with E-state index < -0.39 is 21.5 Å². The van der Waals surface area contributed by atoms with E-state index in [1.165, 1.54) is 24.3 Å². The predicted molar refractivity (Wildman–Crippen MR) is 152 cm³/mol. The Bertz CT molecular complexity index is 1950. The maximum absolute atomic E-state index is 13.0. The largest absolute Gasteiger partial charge is 0.516 e. The first-order valence-electron chi connectivity index (χ1n) is 12.8. The second kappa shape index (κ2) is 11.0. The number of fused-ring (bicyclic) bond motifs is 2. The van der Waals surface area contributed by atoms with E-state index in [9.17, 15) is 26.4 Å². The molecule has 0 aliphatic carbocycles. The topological polar surface area (TPSA) is 116 Å². The molecular formula is C28H24ClF3N4O5S. The fraction of sp³-hybridized carbons (Fsp3) is 0.250. The Morgan fingerprint density at radius 2 is 1.86 bits per heavy atom. The van der Waals surface area contributed by atoms with Crippen LogP contribution in [0.1, 0.15) is 41.3 Å². The second-order valence-electron chi connectivity index (χ2n) is 9.36. The van der Waals surface area contributed by atoms with E-state index in [-0.39, 0.29) is 34.3 Å². The van der Waals surface area contributed by atoms with Crippen molar-refractivity contribution in [3.8, 4) is 11.3 Å². The maximum atomic E-state index is 13.0. The molecule has 14 heteroatoms. The van der Waals surface area contributed by atoms with Gasteiger partial charge in [0, 0.05) is 17.4 Å². The number of nitrogens with zero attached hydrogens (tertiary/aromatic N) is 3. The highest BCUT2D eigenvalue weighted by Gasteiger charge is 2.46. The third-order valence-corrected chi connectivity index (χ3v) is 8.00. The summed E-state index contributed by atoms with van der Waals surface area (Å²) in [6, 6.07) is 12.3. The molecule has 0 saturated heterocycles. The Morgan fingerprint density at radius 3 is 2.55 bits per heavy atom. The van der Waals surface area contributed by atoms with E-state index in [1.807, 2.05) is 18.4 Å². The number of hydrogen-bond donors (Lipinski definition) is 1. The number of esters is 1. The summed E-state index contributed by atoms with van der Waals surface area (Å²) in [4.78, 5) is 21.7. The number of rotatable bonds is 8. The molecule has 1 N–H and O–H groups in total. The minimum absolute atomic E-state index is 0.00277. The number of sulfonamides is 1. The Balaban J connectivity index is 1.56. The molecule has 0 bridgehead atoms. The molecule has 0 radical (unpaired) electrons. The van der Waals surface area contributed by atoms with Crippen molar-refractivity contribution in [1.29, 1.82) is 0 Å². The molecule has 0 aliphatic rings. The van der Waals surface area contributed by atoms with Crippen molar-refractivity contribution in [3.05, 3.63) is 76.2 Å². The summed E-state index contributed by atoms with van der Waals surface area (Å²) in [6.45, 7) is 6.03. The molecule has 0 atom stereocenters. The number of alkyl halides is 3. The smallest absolute Gasteiger partial charge is 0.461 e. The number of benzene rings is 2. The zero-order valence-corrected chi connectivity index (χ0v) is 24.1. The lowest BCUT2D eigenvalue weighted by Crippen LogP contribution is -2.30. The van der Waals surface area contributed by atoms with Gasteiger partial charge in [0.1, 0.15) is 16.9 Å². The van der Waals surface area contributed by atoms with Gasteiger partial charge in [-0.3, -0.25) is 4.72 Å². The zero-order chi connectivity index (χ0) is 30.4. The van der Waals surface area contributed by atoms with Crippen LogP contribution in [0, 0.1) is 6.92 Å². The second-order valence-corrected chi connectivity index (χ2v) is 11.4. The molecule has 42 heavy (non-hydrogen) atoms. The van der Waals surface area contributed by atoms with Gasteiger partial charge in [-0.05, 0) is 55.3 Å². The average molecular weight is 621 g/mol. The van der Waals surface area contributed by atoms with Gasteiger partial charge in [-0.25, -0.2) is 14.8 Å². The van der Waals surface area contributed by atoms with Gasteiger partial charge in [0.25, 0.3) is 0 Å². The third-order valence-electron chi connectivity index (χ3n) is 6.53. The van der Waals surface area contributed by atoms with Crippen LogP contribution >= 0.6 is 11.6 Å². The predicted octanol–water partition coefficient (Wildman–Crippen LogP) is 6.86. The van der Waals surface area contributed by atoms with Crippen LogP contribution < -0.4 is 4.72 Å². The molecular weight excluding hydrogens is 597 g/mol. The molecule has 5 aromatic rings. The number of nitrogens with one attached hydrogen (secondary N) is 1. The van der Waals surface area contributed by atoms with Gasteiger partial charge in [-0.15, -0.1) is 0 Å². The van der Waals surface area contributed by atoms with Crippen LogP contribution in [0.5, 0.6) is 0 Å². The SMILES string of the molecule is CCOC(=O)c1cc(C)c2nc(CC)n(Cc3ccc4oc(-c5ccccc5NS(=O)(=O)C(F)(F)F)c(Cl)c4c3)c2n1. The highest BCUT2D eigenvalue weighted by atomic mass is 35.5. The van der Waals surface area contributed by atoms with Crippen molar-refractivity contribution >= 4 is 55.4 Å². The van der Waals surface area contributed by atoms with Crippen LogP contribution in [0.4, 0.5) is 18.9 Å². The summed E-state index contributed by atoms with van der Waals surface area (Å²) >= 11 is 6.66. The van der Waals surface area contributed by atoms with Crippen LogP contribution in [0.25, 0.3) is 33.5 Å². The molecule has 3 heterocycles. The maximum Gasteiger partial charge on any atom is 0.516 e. The lowest BCUT2D eigenvalue weighted by molar-refractivity contribution is -0.0429. The average Bonchev–Trinajstić information content (AvgIpc) is 3.45. The van der Waals surface area contributed by atoms with Gasteiger partial charge >= 0.3 is 21.5 Å². The third kappa shape index (κ3) is 5.29. The number of para-hydroxylation sites is 1. The summed E-state index contributed by atoms with van der Waals surface area (Å²) in [5.74, 6) is 0.208. The summed E-state index contributed by atoms with van der Waals surface area (Å²) < 4.78 is 77.1. The number of hydrogen-bond acceptors (Lipinski definition) is 7. The molecule has 3 aromatic heterocycles. The molecule has 0 aliphatic heterocycles. The quantitative estimate of drug-likeness (QED) is 0.188. The monoisotopic (exact) mass is 620 g/mol. The van der Waals surface area contributed by atoms with Crippen LogP contribution in [-0.4, -0.2) is 41.0 Å². The van der Waals surface area contributed by atoms with Crippen LogP contribution in [0.2, 0.25) is 5.02 Å². The normalized spacial score (nSPS) is 12.3. The van der Waals surface area contributed by atoms with Gasteiger partial charge < -0.3 is 13.7 Å². The van der Waals surface area contributed by atoms with Crippen molar-refractivity contribution in [3.63, 3.8) is 0 Å². The standard InChI is InChI=1S/C28H24ClF3N4O5S/c1-4-22-34-24-15(3)12-20(27(37)40-5-2)33-26(24)36(22)14-16-10-11-21-18(13-16)23(29)25(41-21)17-8-6-7-9-19(17)35-42(38,39)28(30,31)32/h6-13,35H,4-5,14H2,1-3H3. The van der Waals surface area contributed by atoms with E-state index in [4.69, 9.17) is 25.7 Å². The van der Waals surface area contributed by atoms with E-state index in [2.05, 4.69) is 4.98 Å². The van der Waals surface area contributed by atoms with E-state index >= 15 is 0 Å². The summed E-state index contributed by atoms with van der Waals surface area (Å²) in [5.41, 5.74) is -2.58. The van der Waals surface area contributed by atoms with Crippen LogP contribution in [0.3, 0.4) is 0 Å². The molecule has 9 nitrogen and oxygen atoms in total. The van der Waals surface area contributed by atoms with Gasteiger partial charge in [0.15, 0.2) is 17.1 Å². The molecule has 220 valence electrons. The summed E-state index contributed by atoms with van der Waals surface area (Å²) in [6.07, 6.45) is 0.591. The summed E-state index contributed by atoms with van der Waals surface area (Å²) in [7, 11) is -5.68. The lowest BCUT2D eigenvalue weighted by Gasteiger charge is -2.13. The van der Waals surface area contributed by atoms with Gasteiger partial charge in [0.05, 0.1) is 23.9 Å². The number of pyridine rings is 1. The first-order chi connectivity index (χ1) is 19.8. The Labute approximate surface area is 243 Å². The molecule has 0 amide bonds. The Hall–Kier alpha value is -4.10. The van der Waals surface area contributed by atoms with Crippen molar-refractivity contribution in [2.75, 3.05) is 11.3 Å².